The summed E-state index contributed by atoms with van der Waals surface area (Å²) in [6.07, 6.45) is 0. The summed E-state index contributed by atoms with van der Waals surface area (Å²) >= 11 is 0. The molecule has 0 amide bonds. The van der Waals surface area contributed by atoms with Gasteiger partial charge in [0.25, 0.3) is 5.92 Å². The van der Waals surface area contributed by atoms with Crippen LogP contribution < -0.4 is 5.32 Å². The standard InChI is InChI=1S/C7H15F2N/c1-6(2,3)7(8,9)5-10-4/h10H,5H2,1-4H3. The van der Waals surface area contributed by atoms with Gasteiger partial charge in [-0.05, 0) is 7.05 Å². The van der Waals surface area contributed by atoms with Crippen LogP contribution in [-0.2, 0) is 0 Å². The van der Waals surface area contributed by atoms with Gasteiger partial charge < -0.3 is 5.32 Å². The van der Waals surface area contributed by atoms with E-state index in [-0.39, 0.29) is 6.54 Å². The van der Waals surface area contributed by atoms with Crippen LogP contribution in [0.5, 0.6) is 0 Å². The number of halogens is 2. The van der Waals surface area contributed by atoms with Crippen LogP contribution >= 0.6 is 0 Å². The lowest BCUT2D eigenvalue weighted by molar-refractivity contribution is -0.0921. The summed E-state index contributed by atoms with van der Waals surface area (Å²) < 4.78 is 25.7. The van der Waals surface area contributed by atoms with Gasteiger partial charge in [0.05, 0.1) is 6.54 Å². The molecule has 0 rings (SSSR count). The summed E-state index contributed by atoms with van der Waals surface area (Å²) in [6.45, 7) is 4.34. The minimum Gasteiger partial charge on any atom is -0.314 e. The van der Waals surface area contributed by atoms with E-state index < -0.39 is 11.3 Å². The monoisotopic (exact) mass is 151 g/mol. The largest absolute Gasteiger partial charge is 0.314 e. The summed E-state index contributed by atoms with van der Waals surface area (Å²) in [4.78, 5) is 0. The minimum atomic E-state index is -2.62. The number of hydrogen-bond donors (Lipinski definition) is 1. The molecule has 0 saturated carbocycles. The first-order chi connectivity index (χ1) is 4.31. The fourth-order valence-corrected chi connectivity index (χ4v) is 0.487. The van der Waals surface area contributed by atoms with Crippen LogP contribution in [0, 0.1) is 5.41 Å². The predicted molar refractivity (Wildman–Crippen MR) is 38.3 cm³/mol. The highest BCUT2D eigenvalue weighted by Gasteiger charge is 2.41. The number of nitrogens with one attached hydrogen (secondary N) is 1. The Bertz CT molecular complexity index is 105. The van der Waals surface area contributed by atoms with E-state index in [1.807, 2.05) is 0 Å². The molecule has 0 atom stereocenters. The molecule has 0 aliphatic carbocycles. The first kappa shape index (κ1) is 9.82. The Hall–Kier alpha value is -0.180. The van der Waals surface area contributed by atoms with Gasteiger partial charge in [0.15, 0.2) is 0 Å². The van der Waals surface area contributed by atoms with E-state index in [2.05, 4.69) is 5.32 Å². The maximum atomic E-state index is 12.9. The summed E-state index contributed by atoms with van der Waals surface area (Å²) in [6, 6.07) is 0. The van der Waals surface area contributed by atoms with Crippen LogP contribution in [0.2, 0.25) is 0 Å². The van der Waals surface area contributed by atoms with Gasteiger partial charge in [0.1, 0.15) is 0 Å². The van der Waals surface area contributed by atoms with Crippen LogP contribution in [0.25, 0.3) is 0 Å². The van der Waals surface area contributed by atoms with Gasteiger partial charge in [0, 0.05) is 5.41 Å². The Morgan fingerprint density at radius 1 is 1.20 bits per heavy atom. The minimum absolute atomic E-state index is 0.253. The van der Waals surface area contributed by atoms with E-state index in [4.69, 9.17) is 0 Å². The molecule has 0 radical (unpaired) electrons. The molecule has 10 heavy (non-hydrogen) atoms. The van der Waals surface area contributed by atoms with Crippen LogP contribution in [0.15, 0.2) is 0 Å². The molecule has 0 unspecified atom stereocenters. The highest BCUT2D eigenvalue weighted by molar-refractivity contribution is 4.82. The van der Waals surface area contributed by atoms with Crippen molar-refractivity contribution in [3.05, 3.63) is 0 Å². The van der Waals surface area contributed by atoms with Gasteiger partial charge in [0.2, 0.25) is 0 Å². The van der Waals surface area contributed by atoms with Gasteiger partial charge in [-0.3, -0.25) is 0 Å². The first-order valence-corrected chi connectivity index (χ1v) is 3.34. The van der Waals surface area contributed by atoms with Crippen LogP contribution in [-0.4, -0.2) is 19.5 Å². The Labute approximate surface area is 60.8 Å². The molecular formula is C7H15F2N. The van der Waals surface area contributed by atoms with Crippen LogP contribution in [0.3, 0.4) is 0 Å². The van der Waals surface area contributed by atoms with Crippen molar-refractivity contribution in [1.29, 1.82) is 0 Å². The van der Waals surface area contributed by atoms with E-state index in [0.717, 1.165) is 0 Å². The predicted octanol–water partition coefficient (Wildman–Crippen LogP) is 1.89. The van der Waals surface area contributed by atoms with Crippen molar-refractivity contribution in [1.82, 2.24) is 5.32 Å². The molecule has 0 spiro atoms. The average molecular weight is 151 g/mol. The van der Waals surface area contributed by atoms with E-state index in [1.54, 1.807) is 0 Å². The SMILES string of the molecule is CNCC(F)(F)C(C)(C)C. The van der Waals surface area contributed by atoms with Gasteiger partial charge in [-0.25, -0.2) is 8.78 Å². The van der Waals surface area contributed by atoms with Crippen molar-refractivity contribution >= 4 is 0 Å². The first-order valence-electron chi connectivity index (χ1n) is 3.34. The lowest BCUT2D eigenvalue weighted by Crippen LogP contribution is -2.42. The molecule has 0 aromatic heterocycles. The molecule has 1 nitrogen and oxygen atoms in total. The molecule has 0 saturated heterocycles. The molecule has 0 aromatic carbocycles. The third-order valence-corrected chi connectivity index (χ3v) is 1.50. The maximum Gasteiger partial charge on any atom is 0.265 e. The molecule has 0 fully saturated rings. The van der Waals surface area contributed by atoms with Crippen LogP contribution in [0.4, 0.5) is 8.78 Å². The lowest BCUT2D eigenvalue weighted by atomic mass is 9.88. The Balaban J connectivity index is 4.10. The topological polar surface area (TPSA) is 12.0 Å². The molecular weight excluding hydrogens is 136 g/mol. The van der Waals surface area contributed by atoms with E-state index in [9.17, 15) is 8.78 Å². The molecule has 0 bridgehead atoms. The number of alkyl halides is 2. The van der Waals surface area contributed by atoms with Crippen molar-refractivity contribution in [2.45, 2.75) is 26.7 Å². The Kier molecular flexibility index (Phi) is 2.77. The van der Waals surface area contributed by atoms with Crippen molar-refractivity contribution in [3.8, 4) is 0 Å². The van der Waals surface area contributed by atoms with Crippen molar-refractivity contribution in [2.75, 3.05) is 13.6 Å². The third-order valence-electron chi connectivity index (χ3n) is 1.50. The maximum absolute atomic E-state index is 12.9. The third kappa shape index (κ3) is 2.21. The second-order valence-electron chi connectivity index (χ2n) is 3.48. The van der Waals surface area contributed by atoms with E-state index in [0.29, 0.717) is 0 Å². The van der Waals surface area contributed by atoms with Gasteiger partial charge in [-0.15, -0.1) is 0 Å². The summed E-state index contributed by atoms with van der Waals surface area (Å²) in [5.74, 6) is -2.62. The van der Waals surface area contributed by atoms with Crippen LogP contribution in [0.1, 0.15) is 20.8 Å². The number of rotatable bonds is 2. The molecule has 0 aromatic rings. The zero-order valence-electron chi connectivity index (χ0n) is 6.96. The van der Waals surface area contributed by atoms with Crippen molar-refractivity contribution < 1.29 is 8.78 Å². The molecule has 3 heteroatoms. The highest BCUT2D eigenvalue weighted by Crippen LogP contribution is 2.34. The van der Waals surface area contributed by atoms with Crippen molar-refractivity contribution in [2.24, 2.45) is 5.41 Å². The molecule has 62 valence electrons. The molecule has 0 aliphatic heterocycles. The second kappa shape index (κ2) is 2.82. The fourth-order valence-electron chi connectivity index (χ4n) is 0.487. The second-order valence-corrected chi connectivity index (χ2v) is 3.48. The van der Waals surface area contributed by atoms with Crippen molar-refractivity contribution in [3.63, 3.8) is 0 Å². The quantitative estimate of drug-likeness (QED) is 0.635. The normalized spacial score (nSPS) is 13.8. The van der Waals surface area contributed by atoms with Gasteiger partial charge in [-0.1, -0.05) is 20.8 Å². The smallest absolute Gasteiger partial charge is 0.265 e. The molecule has 0 heterocycles. The Morgan fingerprint density at radius 3 is 1.70 bits per heavy atom. The molecule has 0 aliphatic rings. The van der Waals surface area contributed by atoms with Gasteiger partial charge >= 0.3 is 0 Å². The zero-order chi connectivity index (χ0) is 8.41. The van der Waals surface area contributed by atoms with E-state index in [1.165, 1.54) is 27.8 Å². The molecule has 1 N–H and O–H groups in total. The number of hydrogen-bond acceptors (Lipinski definition) is 1. The van der Waals surface area contributed by atoms with E-state index >= 15 is 0 Å². The fraction of sp³-hybridized carbons (Fsp3) is 1.00. The summed E-state index contributed by atoms with van der Waals surface area (Å²) in [5, 5.41) is 2.46. The average Bonchev–Trinajstić information content (AvgIpc) is 1.61. The summed E-state index contributed by atoms with van der Waals surface area (Å²) in [7, 11) is 1.53. The summed E-state index contributed by atoms with van der Waals surface area (Å²) in [5.41, 5.74) is -0.948. The Morgan fingerprint density at radius 2 is 1.60 bits per heavy atom. The zero-order valence-corrected chi connectivity index (χ0v) is 6.96. The van der Waals surface area contributed by atoms with Gasteiger partial charge in [-0.2, -0.15) is 0 Å². The lowest BCUT2D eigenvalue weighted by Gasteiger charge is -2.29. The highest BCUT2D eigenvalue weighted by atomic mass is 19.3.